The average Bonchev–Trinajstić information content (AvgIpc) is 3.28. The van der Waals surface area contributed by atoms with Gasteiger partial charge in [-0.2, -0.15) is 0 Å². The molecule has 5 heteroatoms. The number of allylic oxidation sites excluding steroid dienone is 1. The Labute approximate surface area is 186 Å². The number of methoxy groups -OCH3 is 1. The van der Waals surface area contributed by atoms with E-state index >= 15 is 0 Å². The summed E-state index contributed by atoms with van der Waals surface area (Å²) in [6.45, 7) is 0. The molecule has 0 aromatic heterocycles. The lowest BCUT2D eigenvalue weighted by Gasteiger charge is -2.22. The maximum atomic E-state index is 14.4. The Morgan fingerprint density at radius 2 is 1.56 bits per heavy atom. The molecule has 4 nitrogen and oxygen atoms in total. The molecular formula is C27H24FNO3. The normalized spacial score (nSPS) is 18.2. The molecule has 0 radical (unpaired) electrons. The van der Waals surface area contributed by atoms with Crippen molar-refractivity contribution in [1.29, 1.82) is 0 Å². The van der Waals surface area contributed by atoms with E-state index in [1.165, 1.54) is 13.2 Å². The minimum atomic E-state index is -0.760. The maximum Gasteiger partial charge on any atom is 0.313 e. The van der Waals surface area contributed by atoms with Crippen LogP contribution in [-0.4, -0.2) is 25.0 Å². The topological polar surface area (TPSA) is 55.4 Å². The number of halogens is 1. The maximum absolute atomic E-state index is 14.4. The molecule has 0 saturated carbocycles. The summed E-state index contributed by atoms with van der Waals surface area (Å²) in [5.41, 5.74) is 2.98. The van der Waals surface area contributed by atoms with Crippen LogP contribution in [0.15, 0.2) is 91.0 Å². The van der Waals surface area contributed by atoms with E-state index in [9.17, 15) is 14.0 Å². The van der Waals surface area contributed by atoms with Gasteiger partial charge in [0.25, 0.3) is 5.91 Å². The molecule has 0 saturated heterocycles. The first-order valence-electron chi connectivity index (χ1n) is 10.5. The van der Waals surface area contributed by atoms with Crippen LogP contribution in [0.2, 0.25) is 0 Å². The van der Waals surface area contributed by atoms with Gasteiger partial charge >= 0.3 is 5.97 Å². The van der Waals surface area contributed by atoms with Crippen LogP contribution in [0.3, 0.4) is 0 Å². The van der Waals surface area contributed by atoms with E-state index in [0.29, 0.717) is 17.5 Å². The smallest absolute Gasteiger partial charge is 0.313 e. The summed E-state index contributed by atoms with van der Waals surface area (Å²) in [4.78, 5) is 25.2. The van der Waals surface area contributed by atoms with Crippen molar-refractivity contribution in [3.05, 3.63) is 108 Å². The molecule has 1 aliphatic carbocycles. The van der Waals surface area contributed by atoms with Crippen molar-refractivity contribution in [2.24, 2.45) is 5.92 Å². The molecule has 4 rings (SSSR count). The average molecular weight is 429 g/mol. The Balaban J connectivity index is 1.43. The van der Waals surface area contributed by atoms with Gasteiger partial charge < -0.3 is 10.1 Å². The summed E-state index contributed by atoms with van der Waals surface area (Å²) in [5.74, 6) is -2.16. The molecule has 1 aliphatic rings. The van der Waals surface area contributed by atoms with E-state index in [2.05, 4.69) is 5.32 Å². The highest BCUT2D eigenvalue weighted by Crippen LogP contribution is 2.35. The van der Waals surface area contributed by atoms with Gasteiger partial charge in [0.05, 0.1) is 13.0 Å². The van der Waals surface area contributed by atoms with Crippen molar-refractivity contribution in [2.75, 3.05) is 7.11 Å². The van der Waals surface area contributed by atoms with Crippen LogP contribution in [0, 0.1) is 11.7 Å². The fourth-order valence-electron chi connectivity index (χ4n) is 4.16. The number of carbonyl (C=O) groups excluding carboxylic acids is 2. The standard InChI is InChI=1S/C27H24FNO3/c1-32-27(31)25(23-9-5-6-10-24(23)28)21-15-16-22(17-21)29-26(30)20-13-11-19(12-14-20)18-7-3-2-4-8-18/h2-16,21-22,25H,17H2,1H3,(H,29,30)/t21-,22-,25-/m0/s1. The van der Waals surface area contributed by atoms with Crippen LogP contribution in [0.4, 0.5) is 4.39 Å². The van der Waals surface area contributed by atoms with Gasteiger partial charge in [-0.05, 0) is 41.7 Å². The minimum absolute atomic E-state index is 0.194. The monoisotopic (exact) mass is 429 g/mol. The number of hydrogen-bond donors (Lipinski definition) is 1. The molecule has 0 fully saturated rings. The van der Waals surface area contributed by atoms with Crippen LogP contribution in [-0.2, 0) is 9.53 Å². The number of ether oxygens (including phenoxy) is 1. The van der Waals surface area contributed by atoms with Crippen LogP contribution >= 0.6 is 0 Å². The van der Waals surface area contributed by atoms with Gasteiger partial charge in [0.15, 0.2) is 0 Å². The Kier molecular flexibility index (Phi) is 6.45. The van der Waals surface area contributed by atoms with Crippen molar-refractivity contribution in [3.63, 3.8) is 0 Å². The van der Waals surface area contributed by atoms with E-state index in [4.69, 9.17) is 4.74 Å². The molecule has 0 unspecified atom stereocenters. The summed E-state index contributed by atoms with van der Waals surface area (Å²) in [6, 6.07) is 23.4. The third-order valence-electron chi connectivity index (χ3n) is 5.81. The number of amides is 1. The Hall–Kier alpha value is -3.73. The molecule has 0 aliphatic heterocycles. The molecule has 32 heavy (non-hydrogen) atoms. The molecule has 0 heterocycles. The van der Waals surface area contributed by atoms with Gasteiger partial charge in [0, 0.05) is 17.2 Å². The van der Waals surface area contributed by atoms with Gasteiger partial charge in [0.2, 0.25) is 0 Å². The molecule has 3 atom stereocenters. The zero-order valence-corrected chi connectivity index (χ0v) is 17.7. The first-order chi connectivity index (χ1) is 15.6. The highest BCUT2D eigenvalue weighted by Gasteiger charge is 2.35. The number of nitrogens with one attached hydrogen (secondary N) is 1. The Morgan fingerprint density at radius 3 is 2.25 bits per heavy atom. The Morgan fingerprint density at radius 1 is 0.906 bits per heavy atom. The van der Waals surface area contributed by atoms with Crippen LogP contribution in [0.1, 0.15) is 28.3 Å². The van der Waals surface area contributed by atoms with E-state index < -0.39 is 17.7 Å². The lowest BCUT2D eigenvalue weighted by Crippen LogP contribution is -2.33. The number of carbonyl (C=O) groups is 2. The van der Waals surface area contributed by atoms with Gasteiger partial charge in [-0.3, -0.25) is 9.59 Å². The summed E-state index contributed by atoms with van der Waals surface area (Å²) >= 11 is 0. The second-order valence-corrected chi connectivity index (χ2v) is 7.83. The van der Waals surface area contributed by atoms with E-state index in [1.807, 2.05) is 54.6 Å². The van der Waals surface area contributed by atoms with Crippen molar-refractivity contribution in [3.8, 4) is 11.1 Å². The predicted octanol–water partition coefficient (Wildman–Crippen LogP) is 5.12. The van der Waals surface area contributed by atoms with Crippen LogP contribution in [0.25, 0.3) is 11.1 Å². The summed E-state index contributed by atoms with van der Waals surface area (Å²) < 4.78 is 19.3. The second kappa shape index (κ2) is 9.60. The van der Waals surface area contributed by atoms with E-state index in [-0.39, 0.29) is 17.9 Å². The quantitative estimate of drug-likeness (QED) is 0.437. The number of rotatable bonds is 6. The third-order valence-corrected chi connectivity index (χ3v) is 5.81. The van der Waals surface area contributed by atoms with Gasteiger partial charge in [-0.15, -0.1) is 0 Å². The number of esters is 1. The summed E-state index contributed by atoms with van der Waals surface area (Å²) in [5, 5.41) is 2.99. The van der Waals surface area contributed by atoms with Crippen molar-refractivity contribution in [2.45, 2.75) is 18.4 Å². The molecule has 3 aromatic carbocycles. The molecular weight excluding hydrogens is 405 g/mol. The summed E-state index contributed by atoms with van der Waals surface area (Å²) in [6.07, 6.45) is 4.21. The lowest BCUT2D eigenvalue weighted by atomic mass is 9.85. The first kappa shape index (κ1) is 21.5. The molecule has 0 spiro atoms. The van der Waals surface area contributed by atoms with Crippen molar-refractivity contribution >= 4 is 11.9 Å². The fraction of sp³-hybridized carbons (Fsp3) is 0.185. The first-order valence-corrected chi connectivity index (χ1v) is 10.5. The van der Waals surface area contributed by atoms with Gasteiger partial charge in [-0.25, -0.2) is 4.39 Å². The molecule has 1 N–H and O–H groups in total. The Bertz CT molecular complexity index is 1130. The zero-order chi connectivity index (χ0) is 22.5. The van der Waals surface area contributed by atoms with Crippen LogP contribution < -0.4 is 5.32 Å². The third kappa shape index (κ3) is 4.62. The van der Waals surface area contributed by atoms with E-state index in [0.717, 1.165) is 11.1 Å². The van der Waals surface area contributed by atoms with Crippen molar-refractivity contribution in [1.82, 2.24) is 5.32 Å². The molecule has 0 bridgehead atoms. The number of benzene rings is 3. The van der Waals surface area contributed by atoms with Gasteiger partial charge in [0.1, 0.15) is 5.82 Å². The largest absolute Gasteiger partial charge is 0.469 e. The second-order valence-electron chi connectivity index (χ2n) is 7.83. The molecule has 162 valence electrons. The number of hydrogen-bond acceptors (Lipinski definition) is 3. The van der Waals surface area contributed by atoms with E-state index in [1.54, 1.807) is 30.3 Å². The van der Waals surface area contributed by atoms with Gasteiger partial charge in [-0.1, -0.05) is 72.8 Å². The SMILES string of the molecule is COC(=O)[C@H](c1ccccc1F)[C@H]1C=C[C@H](NC(=O)c2ccc(-c3ccccc3)cc2)C1. The lowest BCUT2D eigenvalue weighted by molar-refractivity contribution is -0.143. The summed E-state index contributed by atoms with van der Waals surface area (Å²) in [7, 11) is 1.30. The van der Waals surface area contributed by atoms with Crippen LogP contribution in [0.5, 0.6) is 0 Å². The molecule has 3 aromatic rings. The molecule has 1 amide bonds. The zero-order valence-electron chi connectivity index (χ0n) is 17.7. The van der Waals surface area contributed by atoms with Crippen molar-refractivity contribution < 1.29 is 18.7 Å². The fourth-order valence-corrected chi connectivity index (χ4v) is 4.16. The highest BCUT2D eigenvalue weighted by atomic mass is 19.1. The predicted molar refractivity (Wildman–Crippen MR) is 122 cm³/mol. The highest BCUT2D eigenvalue weighted by molar-refractivity contribution is 5.95. The minimum Gasteiger partial charge on any atom is -0.469 e.